The standard InChI is InChI=1S/C10H20BN/c1-7-11(8-2)12(9(3)4)10(5)6/h7-10H,1-2H2,3-6H3. The van der Waals surface area contributed by atoms with E-state index >= 15 is 0 Å². The molecule has 0 heterocycles. The lowest BCUT2D eigenvalue weighted by Gasteiger charge is -2.33. The second-order valence-corrected chi connectivity index (χ2v) is 3.60. The lowest BCUT2D eigenvalue weighted by atomic mass is 9.59. The fraction of sp³-hybridized carbons (Fsp3) is 0.600. The third-order valence-corrected chi connectivity index (χ3v) is 2.02. The first-order chi connectivity index (χ1) is 5.54. The van der Waals surface area contributed by atoms with Gasteiger partial charge in [0.2, 0.25) is 0 Å². The molecule has 0 bridgehead atoms. The number of hydrogen-bond donors (Lipinski definition) is 0. The monoisotopic (exact) mass is 165 g/mol. The van der Waals surface area contributed by atoms with Gasteiger partial charge in [-0.05, 0) is 12.1 Å². The predicted octanol–water partition coefficient (Wildman–Crippen LogP) is 2.55. The summed E-state index contributed by atoms with van der Waals surface area (Å²) in [5.74, 6) is 3.88. The topological polar surface area (TPSA) is 3.24 Å². The predicted molar refractivity (Wildman–Crippen MR) is 58.3 cm³/mol. The summed E-state index contributed by atoms with van der Waals surface area (Å²) < 4.78 is 0. The Morgan fingerprint density at radius 3 is 1.42 bits per heavy atom. The molecule has 0 aromatic rings. The van der Waals surface area contributed by atoms with Crippen LogP contribution in [0.2, 0.25) is 0 Å². The van der Waals surface area contributed by atoms with Crippen molar-refractivity contribution in [2.24, 2.45) is 0 Å². The largest absolute Gasteiger partial charge is 0.330 e. The van der Waals surface area contributed by atoms with Crippen molar-refractivity contribution in [1.82, 2.24) is 4.81 Å². The van der Waals surface area contributed by atoms with Crippen LogP contribution in [0, 0.1) is 0 Å². The van der Waals surface area contributed by atoms with E-state index in [2.05, 4.69) is 45.7 Å². The summed E-state index contributed by atoms with van der Waals surface area (Å²) in [6.45, 7) is 16.7. The van der Waals surface area contributed by atoms with E-state index in [1.165, 1.54) is 0 Å². The van der Waals surface area contributed by atoms with E-state index < -0.39 is 0 Å². The SMILES string of the molecule is C=CB(C=C)N(C(C)C)C(C)C. The molecule has 0 amide bonds. The Hall–Kier alpha value is -0.495. The maximum atomic E-state index is 3.80. The molecule has 0 aliphatic heterocycles. The Balaban J connectivity index is 4.46. The first-order valence-corrected chi connectivity index (χ1v) is 4.57. The normalized spacial score (nSPS) is 10.9. The van der Waals surface area contributed by atoms with Crippen LogP contribution in [0.3, 0.4) is 0 Å². The molecular weight excluding hydrogens is 145 g/mol. The zero-order valence-corrected chi connectivity index (χ0v) is 8.75. The molecule has 0 aliphatic carbocycles. The van der Waals surface area contributed by atoms with Crippen LogP contribution in [0.4, 0.5) is 0 Å². The summed E-state index contributed by atoms with van der Waals surface area (Å²) in [6.07, 6.45) is 0. The second-order valence-electron chi connectivity index (χ2n) is 3.60. The fourth-order valence-corrected chi connectivity index (χ4v) is 1.62. The van der Waals surface area contributed by atoms with E-state index in [1.54, 1.807) is 0 Å². The van der Waals surface area contributed by atoms with Crippen LogP contribution in [-0.4, -0.2) is 23.7 Å². The molecule has 0 atom stereocenters. The second kappa shape index (κ2) is 5.20. The van der Waals surface area contributed by atoms with Crippen molar-refractivity contribution in [2.45, 2.75) is 39.8 Å². The molecule has 0 saturated heterocycles. The van der Waals surface area contributed by atoms with Crippen LogP contribution < -0.4 is 0 Å². The van der Waals surface area contributed by atoms with Crippen molar-refractivity contribution < 1.29 is 0 Å². The molecule has 0 unspecified atom stereocenters. The maximum Gasteiger partial charge on any atom is 0.276 e. The van der Waals surface area contributed by atoms with Crippen LogP contribution in [-0.2, 0) is 0 Å². The maximum absolute atomic E-state index is 3.80. The molecule has 0 radical (unpaired) electrons. The summed E-state index contributed by atoms with van der Waals surface area (Å²) in [4.78, 5) is 2.38. The van der Waals surface area contributed by atoms with Gasteiger partial charge in [-0.2, -0.15) is 0 Å². The highest BCUT2D eigenvalue weighted by molar-refractivity contribution is 6.66. The molecule has 2 heteroatoms. The Labute approximate surface area is 77.2 Å². The van der Waals surface area contributed by atoms with Gasteiger partial charge in [-0.3, -0.25) is 0 Å². The van der Waals surface area contributed by atoms with Gasteiger partial charge in [0.05, 0.1) is 0 Å². The van der Waals surface area contributed by atoms with Gasteiger partial charge in [0, 0.05) is 0 Å². The molecule has 68 valence electrons. The highest BCUT2D eigenvalue weighted by Gasteiger charge is 2.21. The fourth-order valence-electron chi connectivity index (χ4n) is 1.62. The van der Waals surface area contributed by atoms with Crippen molar-refractivity contribution in [3.05, 3.63) is 25.1 Å². The third kappa shape index (κ3) is 2.86. The van der Waals surface area contributed by atoms with E-state index in [4.69, 9.17) is 0 Å². The molecular formula is C10H20BN. The van der Waals surface area contributed by atoms with Crippen LogP contribution in [0.15, 0.2) is 25.1 Å². The van der Waals surface area contributed by atoms with E-state index in [1.807, 2.05) is 12.0 Å². The van der Waals surface area contributed by atoms with Crippen LogP contribution in [0.1, 0.15) is 27.7 Å². The Morgan fingerprint density at radius 2 is 1.33 bits per heavy atom. The zero-order valence-electron chi connectivity index (χ0n) is 8.75. The summed E-state index contributed by atoms with van der Waals surface area (Å²) in [5, 5.41) is 0. The van der Waals surface area contributed by atoms with Crippen molar-refractivity contribution in [3.63, 3.8) is 0 Å². The van der Waals surface area contributed by atoms with Gasteiger partial charge < -0.3 is 4.81 Å². The highest BCUT2D eigenvalue weighted by Crippen LogP contribution is 2.08. The first kappa shape index (κ1) is 11.5. The summed E-state index contributed by atoms with van der Waals surface area (Å²) >= 11 is 0. The summed E-state index contributed by atoms with van der Waals surface area (Å²) in [6, 6.07) is 1.07. The molecule has 0 aromatic heterocycles. The lowest BCUT2D eigenvalue weighted by Crippen LogP contribution is -2.46. The van der Waals surface area contributed by atoms with Gasteiger partial charge in [-0.1, -0.05) is 27.7 Å². The van der Waals surface area contributed by atoms with Gasteiger partial charge in [0.1, 0.15) is 0 Å². The Kier molecular flexibility index (Phi) is 4.99. The Bertz CT molecular complexity index is 136. The van der Waals surface area contributed by atoms with E-state index in [0.29, 0.717) is 18.9 Å². The summed E-state index contributed by atoms with van der Waals surface area (Å²) in [7, 11) is 0. The molecule has 0 rings (SSSR count). The van der Waals surface area contributed by atoms with Gasteiger partial charge in [-0.25, -0.2) is 0 Å². The highest BCUT2D eigenvalue weighted by atomic mass is 15.1. The minimum Gasteiger partial charge on any atom is -0.330 e. The number of nitrogens with zero attached hydrogens (tertiary/aromatic N) is 1. The molecule has 0 saturated carbocycles. The smallest absolute Gasteiger partial charge is 0.276 e. The number of rotatable bonds is 5. The molecule has 0 fully saturated rings. The van der Waals surface area contributed by atoms with Crippen molar-refractivity contribution in [3.8, 4) is 0 Å². The molecule has 0 aliphatic rings. The van der Waals surface area contributed by atoms with E-state index in [9.17, 15) is 0 Å². The summed E-state index contributed by atoms with van der Waals surface area (Å²) in [5.41, 5.74) is 0. The van der Waals surface area contributed by atoms with Crippen molar-refractivity contribution >= 4 is 6.85 Å². The van der Waals surface area contributed by atoms with E-state index in [-0.39, 0.29) is 0 Å². The van der Waals surface area contributed by atoms with Crippen LogP contribution in [0.25, 0.3) is 0 Å². The van der Waals surface area contributed by atoms with Gasteiger partial charge >= 0.3 is 0 Å². The number of hydrogen-bond acceptors (Lipinski definition) is 1. The average Bonchev–Trinajstić information content (AvgIpc) is 1.98. The molecule has 1 nitrogen and oxygen atoms in total. The van der Waals surface area contributed by atoms with Gasteiger partial charge in [0.25, 0.3) is 6.85 Å². The third-order valence-electron chi connectivity index (χ3n) is 2.02. The lowest BCUT2D eigenvalue weighted by molar-refractivity contribution is 0.309. The molecule has 0 aromatic carbocycles. The molecule has 12 heavy (non-hydrogen) atoms. The minimum absolute atomic E-state index is 0.296. The quantitative estimate of drug-likeness (QED) is 0.566. The minimum atomic E-state index is 0.296. The molecule has 0 N–H and O–H groups in total. The molecule has 0 spiro atoms. The zero-order chi connectivity index (χ0) is 9.72. The average molecular weight is 165 g/mol. The Morgan fingerprint density at radius 1 is 1.00 bits per heavy atom. The van der Waals surface area contributed by atoms with Crippen molar-refractivity contribution in [1.29, 1.82) is 0 Å². The first-order valence-electron chi connectivity index (χ1n) is 4.57. The van der Waals surface area contributed by atoms with E-state index in [0.717, 1.165) is 0 Å². The van der Waals surface area contributed by atoms with Gasteiger partial charge in [0.15, 0.2) is 0 Å². The van der Waals surface area contributed by atoms with Gasteiger partial charge in [-0.15, -0.1) is 25.1 Å². The van der Waals surface area contributed by atoms with Crippen LogP contribution >= 0.6 is 0 Å². The van der Waals surface area contributed by atoms with Crippen LogP contribution in [0.5, 0.6) is 0 Å². The van der Waals surface area contributed by atoms with Crippen molar-refractivity contribution in [2.75, 3.05) is 0 Å².